The molecule has 1 saturated heterocycles. The minimum absolute atomic E-state index is 0.0289. The number of pyridine rings is 1. The number of morpholine rings is 1. The van der Waals surface area contributed by atoms with E-state index < -0.39 is 10.1 Å². The number of fused-ring (bicyclic) bond motifs is 3. The van der Waals surface area contributed by atoms with Gasteiger partial charge in [-0.2, -0.15) is 8.42 Å². The van der Waals surface area contributed by atoms with E-state index in [1.807, 2.05) is 6.07 Å². The number of hydrogen-bond donors (Lipinski definition) is 0. The minimum atomic E-state index is -3.45. The zero-order chi connectivity index (χ0) is 15.0. The lowest BCUT2D eigenvalue weighted by molar-refractivity contribution is 0.0608. The molecule has 116 valence electrons. The number of halogens is 1. The van der Waals surface area contributed by atoms with Gasteiger partial charge in [0, 0.05) is 18.7 Å². The van der Waals surface area contributed by atoms with Crippen LogP contribution in [0.2, 0.25) is 5.02 Å². The zero-order valence-electron chi connectivity index (χ0n) is 11.7. The van der Waals surface area contributed by atoms with Crippen LogP contribution in [0.4, 0.5) is 5.69 Å². The number of anilines is 1. The van der Waals surface area contributed by atoms with Crippen molar-refractivity contribution in [3.63, 3.8) is 0 Å². The van der Waals surface area contributed by atoms with E-state index in [2.05, 4.69) is 9.88 Å². The number of ether oxygens (including phenoxy) is 1. The standard InChI is InChI=1S/C13H17ClN2O4S/c1-21(17,18)20-7-9-4-11-12(5-10(14)6-15-11)16-2-3-19-8-13(9)16/h5-6,9,13H,2-4,7-8H2,1H3. The van der Waals surface area contributed by atoms with Gasteiger partial charge >= 0.3 is 0 Å². The molecule has 0 amide bonds. The van der Waals surface area contributed by atoms with Gasteiger partial charge in [0.05, 0.1) is 48.5 Å². The highest BCUT2D eigenvalue weighted by Crippen LogP contribution is 2.35. The van der Waals surface area contributed by atoms with Gasteiger partial charge in [-0.05, 0) is 12.5 Å². The molecule has 3 rings (SSSR count). The van der Waals surface area contributed by atoms with E-state index in [1.54, 1.807) is 6.20 Å². The summed E-state index contributed by atoms with van der Waals surface area (Å²) in [5, 5.41) is 0.602. The van der Waals surface area contributed by atoms with Crippen molar-refractivity contribution in [3.05, 3.63) is 23.0 Å². The fraction of sp³-hybridized carbons (Fsp3) is 0.615. The summed E-state index contributed by atoms with van der Waals surface area (Å²) in [7, 11) is -3.45. The fourth-order valence-electron chi connectivity index (χ4n) is 2.94. The molecule has 1 aromatic heterocycles. The van der Waals surface area contributed by atoms with Gasteiger partial charge in [-0.1, -0.05) is 11.6 Å². The lowest BCUT2D eigenvalue weighted by Gasteiger charge is -2.45. The first-order valence-electron chi connectivity index (χ1n) is 6.77. The fourth-order valence-corrected chi connectivity index (χ4v) is 3.51. The van der Waals surface area contributed by atoms with Crippen LogP contribution in [-0.2, 0) is 25.5 Å². The van der Waals surface area contributed by atoms with Crippen molar-refractivity contribution >= 4 is 27.4 Å². The summed E-state index contributed by atoms with van der Waals surface area (Å²) in [5.74, 6) is 0.0289. The molecule has 2 atom stereocenters. The average Bonchev–Trinajstić information content (AvgIpc) is 2.44. The lowest BCUT2D eigenvalue weighted by Crippen LogP contribution is -2.54. The van der Waals surface area contributed by atoms with Crippen LogP contribution in [0.5, 0.6) is 0 Å². The van der Waals surface area contributed by atoms with Crippen molar-refractivity contribution in [1.29, 1.82) is 0 Å². The molecule has 0 spiro atoms. The van der Waals surface area contributed by atoms with Crippen LogP contribution >= 0.6 is 11.6 Å². The Bertz CT molecular complexity index is 637. The molecule has 1 fully saturated rings. The molecule has 2 aliphatic rings. The molecule has 0 saturated carbocycles. The topological polar surface area (TPSA) is 68.7 Å². The van der Waals surface area contributed by atoms with Gasteiger partial charge in [0.25, 0.3) is 10.1 Å². The summed E-state index contributed by atoms with van der Waals surface area (Å²) in [6.07, 6.45) is 3.35. The SMILES string of the molecule is CS(=O)(=O)OCC1Cc2ncc(Cl)cc2N2CCOCC12. The summed E-state index contributed by atoms with van der Waals surface area (Å²) >= 11 is 6.04. The van der Waals surface area contributed by atoms with Gasteiger partial charge < -0.3 is 9.64 Å². The van der Waals surface area contributed by atoms with Gasteiger partial charge in [0.1, 0.15) is 0 Å². The van der Waals surface area contributed by atoms with Crippen LogP contribution in [0.15, 0.2) is 12.3 Å². The molecule has 0 aromatic carbocycles. The van der Waals surface area contributed by atoms with E-state index in [0.29, 0.717) is 24.7 Å². The normalized spacial score (nSPS) is 25.3. The molecule has 3 heterocycles. The van der Waals surface area contributed by atoms with Crippen molar-refractivity contribution in [2.75, 3.05) is 37.5 Å². The molecule has 0 radical (unpaired) electrons. The highest BCUT2D eigenvalue weighted by Gasteiger charge is 2.37. The highest BCUT2D eigenvalue weighted by atomic mass is 35.5. The van der Waals surface area contributed by atoms with Crippen LogP contribution in [0.3, 0.4) is 0 Å². The second-order valence-electron chi connectivity index (χ2n) is 5.41. The molecule has 2 aliphatic heterocycles. The van der Waals surface area contributed by atoms with Crippen molar-refractivity contribution in [2.45, 2.75) is 12.5 Å². The Hall–Kier alpha value is -0.890. The third-order valence-corrected chi connectivity index (χ3v) is 4.66. The summed E-state index contributed by atoms with van der Waals surface area (Å²) in [4.78, 5) is 6.59. The van der Waals surface area contributed by atoms with Gasteiger partial charge in [-0.15, -0.1) is 0 Å². The molecule has 8 heteroatoms. The van der Waals surface area contributed by atoms with E-state index in [4.69, 9.17) is 20.5 Å². The first kappa shape index (κ1) is 15.0. The van der Waals surface area contributed by atoms with Crippen LogP contribution in [0.1, 0.15) is 5.69 Å². The van der Waals surface area contributed by atoms with Crippen molar-refractivity contribution in [3.8, 4) is 0 Å². The molecule has 6 nitrogen and oxygen atoms in total. The Morgan fingerprint density at radius 2 is 2.38 bits per heavy atom. The first-order valence-corrected chi connectivity index (χ1v) is 8.97. The van der Waals surface area contributed by atoms with Crippen molar-refractivity contribution < 1.29 is 17.3 Å². The van der Waals surface area contributed by atoms with Gasteiger partial charge in [0.15, 0.2) is 0 Å². The minimum Gasteiger partial charge on any atom is -0.377 e. The molecule has 1 aromatic rings. The predicted molar refractivity (Wildman–Crippen MR) is 79.2 cm³/mol. The van der Waals surface area contributed by atoms with Crippen LogP contribution < -0.4 is 4.90 Å². The van der Waals surface area contributed by atoms with Crippen LogP contribution in [0, 0.1) is 5.92 Å². The maximum Gasteiger partial charge on any atom is 0.264 e. The summed E-state index contributed by atoms with van der Waals surface area (Å²) < 4.78 is 33.0. The van der Waals surface area contributed by atoms with Crippen LogP contribution in [0.25, 0.3) is 0 Å². The Labute approximate surface area is 129 Å². The van der Waals surface area contributed by atoms with Crippen molar-refractivity contribution in [1.82, 2.24) is 4.98 Å². The number of rotatable bonds is 3. The van der Waals surface area contributed by atoms with E-state index in [-0.39, 0.29) is 18.6 Å². The average molecular weight is 333 g/mol. The molecule has 0 bridgehead atoms. The van der Waals surface area contributed by atoms with E-state index in [9.17, 15) is 8.42 Å². The third kappa shape index (κ3) is 3.31. The van der Waals surface area contributed by atoms with Gasteiger partial charge in [-0.25, -0.2) is 0 Å². The third-order valence-electron chi connectivity index (χ3n) is 3.88. The van der Waals surface area contributed by atoms with Gasteiger partial charge in [0.2, 0.25) is 0 Å². The Morgan fingerprint density at radius 3 is 3.14 bits per heavy atom. The molecule has 21 heavy (non-hydrogen) atoms. The second kappa shape index (κ2) is 5.72. The summed E-state index contributed by atoms with van der Waals surface area (Å²) in [5.41, 5.74) is 1.95. The largest absolute Gasteiger partial charge is 0.377 e. The molecular weight excluding hydrogens is 316 g/mol. The monoisotopic (exact) mass is 332 g/mol. The molecule has 0 N–H and O–H groups in total. The summed E-state index contributed by atoms with van der Waals surface area (Å²) in [6.45, 7) is 2.09. The Morgan fingerprint density at radius 1 is 1.57 bits per heavy atom. The van der Waals surface area contributed by atoms with Crippen molar-refractivity contribution in [2.24, 2.45) is 5.92 Å². The molecule has 2 unspecified atom stereocenters. The second-order valence-corrected chi connectivity index (χ2v) is 7.49. The van der Waals surface area contributed by atoms with E-state index >= 15 is 0 Å². The maximum atomic E-state index is 11.2. The Kier molecular flexibility index (Phi) is 4.09. The zero-order valence-corrected chi connectivity index (χ0v) is 13.2. The number of hydrogen-bond acceptors (Lipinski definition) is 6. The number of aromatic nitrogens is 1. The Balaban J connectivity index is 1.88. The maximum absolute atomic E-state index is 11.2. The lowest BCUT2D eigenvalue weighted by atomic mass is 9.88. The van der Waals surface area contributed by atoms with E-state index in [0.717, 1.165) is 24.2 Å². The van der Waals surface area contributed by atoms with Gasteiger partial charge in [-0.3, -0.25) is 9.17 Å². The quantitative estimate of drug-likeness (QED) is 0.772. The van der Waals surface area contributed by atoms with Crippen LogP contribution in [-0.4, -0.2) is 52.1 Å². The highest BCUT2D eigenvalue weighted by molar-refractivity contribution is 7.85. The summed E-state index contributed by atoms with van der Waals surface area (Å²) in [6, 6.07) is 2.00. The smallest absolute Gasteiger partial charge is 0.264 e. The molecular formula is C13H17ClN2O4S. The molecule has 0 aliphatic carbocycles. The van der Waals surface area contributed by atoms with E-state index in [1.165, 1.54) is 0 Å². The predicted octanol–water partition coefficient (Wildman–Crippen LogP) is 1.09. The number of nitrogens with zero attached hydrogens (tertiary/aromatic N) is 2. The first-order chi connectivity index (χ1) is 9.94.